The maximum Gasteiger partial charge on any atom is 0.0549 e. The maximum atomic E-state index is 9.46. The number of hydrogen-bond acceptors (Lipinski definition) is 2. The summed E-state index contributed by atoms with van der Waals surface area (Å²) in [5.41, 5.74) is 1.49. The van der Waals surface area contributed by atoms with E-state index < -0.39 is 0 Å². The monoisotopic (exact) mass is 235 g/mol. The summed E-state index contributed by atoms with van der Waals surface area (Å²) < 4.78 is 0. The van der Waals surface area contributed by atoms with Crippen LogP contribution in [0, 0.1) is 0 Å². The molecule has 2 heteroatoms. The zero-order valence-corrected chi connectivity index (χ0v) is 11.2. The van der Waals surface area contributed by atoms with E-state index in [0.717, 1.165) is 25.9 Å². The summed E-state index contributed by atoms with van der Waals surface area (Å²) in [4.78, 5) is 0. The van der Waals surface area contributed by atoms with Crippen LogP contribution in [-0.4, -0.2) is 24.3 Å². The van der Waals surface area contributed by atoms with Gasteiger partial charge in [0, 0.05) is 12.0 Å². The fraction of sp³-hybridized carbons (Fsp3) is 0.600. The molecule has 0 aliphatic rings. The van der Waals surface area contributed by atoms with E-state index >= 15 is 0 Å². The fourth-order valence-corrected chi connectivity index (χ4v) is 1.87. The molecular weight excluding hydrogens is 210 g/mol. The zero-order valence-electron chi connectivity index (χ0n) is 11.2. The third-order valence-electron chi connectivity index (χ3n) is 3.25. The second-order valence-electron chi connectivity index (χ2n) is 5.28. The Morgan fingerprint density at radius 1 is 1.24 bits per heavy atom. The van der Waals surface area contributed by atoms with E-state index in [-0.39, 0.29) is 11.5 Å². The van der Waals surface area contributed by atoms with Crippen molar-refractivity contribution in [2.24, 2.45) is 0 Å². The number of hydrogen-bond donors (Lipinski definition) is 2. The largest absolute Gasteiger partial charge is 0.393 e. The Kier molecular flexibility index (Phi) is 5.66. The van der Waals surface area contributed by atoms with E-state index in [1.54, 1.807) is 0 Å². The third kappa shape index (κ3) is 4.88. The highest BCUT2D eigenvalue weighted by molar-refractivity contribution is 5.23. The molecule has 96 valence electrons. The predicted molar refractivity (Wildman–Crippen MR) is 73.3 cm³/mol. The molecule has 0 fully saturated rings. The second kappa shape index (κ2) is 6.77. The predicted octanol–water partition coefficient (Wildman–Crippen LogP) is 2.71. The Hall–Kier alpha value is -0.860. The van der Waals surface area contributed by atoms with Gasteiger partial charge < -0.3 is 10.4 Å². The second-order valence-corrected chi connectivity index (χ2v) is 5.28. The summed E-state index contributed by atoms with van der Waals surface area (Å²) in [5, 5.41) is 12.9. The minimum absolute atomic E-state index is 0.137. The van der Waals surface area contributed by atoms with Crippen molar-refractivity contribution in [2.45, 2.75) is 45.1 Å². The van der Waals surface area contributed by atoms with Crippen molar-refractivity contribution in [3.63, 3.8) is 0 Å². The zero-order chi connectivity index (χ0) is 12.7. The summed E-state index contributed by atoms with van der Waals surface area (Å²) in [6.07, 6.45) is 1.51. The molecule has 0 heterocycles. The molecule has 1 rings (SSSR count). The Labute approximate surface area is 105 Å². The van der Waals surface area contributed by atoms with Gasteiger partial charge in [-0.25, -0.2) is 0 Å². The van der Waals surface area contributed by atoms with Crippen molar-refractivity contribution < 1.29 is 5.11 Å². The van der Waals surface area contributed by atoms with Crippen LogP contribution in [0.3, 0.4) is 0 Å². The van der Waals surface area contributed by atoms with E-state index in [2.05, 4.69) is 43.4 Å². The van der Waals surface area contributed by atoms with E-state index in [4.69, 9.17) is 0 Å². The lowest BCUT2D eigenvalue weighted by Crippen LogP contribution is -2.34. The molecule has 1 unspecified atom stereocenters. The molecule has 0 saturated heterocycles. The van der Waals surface area contributed by atoms with Gasteiger partial charge in [-0.15, -0.1) is 0 Å². The molecule has 1 aromatic carbocycles. The van der Waals surface area contributed by atoms with Gasteiger partial charge >= 0.3 is 0 Å². The van der Waals surface area contributed by atoms with Gasteiger partial charge in [-0.2, -0.15) is 0 Å². The standard InChI is InChI=1S/C15H25NO/c1-4-14(17)10-11-16-12-15(2,3)13-8-6-5-7-9-13/h5-9,14,16-17H,4,10-12H2,1-3H3. The minimum Gasteiger partial charge on any atom is -0.393 e. The average molecular weight is 235 g/mol. The van der Waals surface area contributed by atoms with Crippen LogP contribution in [0.15, 0.2) is 30.3 Å². The molecule has 0 bridgehead atoms. The van der Waals surface area contributed by atoms with Gasteiger partial charge in [0.1, 0.15) is 0 Å². The van der Waals surface area contributed by atoms with E-state index in [1.165, 1.54) is 5.56 Å². The van der Waals surface area contributed by atoms with Gasteiger partial charge in [0.05, 0.1) is 6.10 Å². The van der Waals surface area contributed by atoms with E-state index in [1.807, 2.05) is 13.0 Å². The quantitative estimate of drug-likeness (QED) is 0.712. The Bertz CT molecular complexity index is 308. The van der Waals surface area contributed by atoms with Crippen LogP contribution in [0.2, 0.25) is 0 Å². The molecule has 0 saturated carbocycles. The molecule has 0 aliphatic carbocycles. The molecular formula is C15H25NO. The number of aliphatic hydroxyl groups excluding tert-OH is 1. The molecule has 2 N–H and O–H groups in total. The van der Waals surface area contributed by atoms with Crippen LogP contribution in [-0.2, 0) is 5.41 Å². The average Bonchev–Trinajstić information content (AvgIpc) is 2.35. The van der Waals surface area contributed by atoms with Crippen molar-refractivity contribution in [3.8, 4) is 0 Å². The highest BCUT2D eigenvalue weighted by Gasteiger charge is 2.19. The van der Waals surface area contributed by atoms with Gasteiger partial charge in [0.2, 0.25) is 0 Å². The summed E-state index contributed by atoms with van der Waals surface area (Å²) in [5.74, 6) is 0. The van der Waals surface area contributed by atoms with Crippen molar-refractivity contribution in [2.75, 3.05) is 13.1 Å². The van der Waals surface area contributed by atoms with Gasteiger partial charge in [0.25, 0.3) is 0 Å². The molecule has 1 atom stereocenters. The van der Waals surface area contributed by atoms with E-state index in [0.29, 0.717) is 0 Å². The smallest absolute Gasteiger partial charge is 0.0549 e. The van der Waals surface area contributed by atoms with Crippen LogP contribution in [0.4, 0.5) is 0 Å². The van der Waals surface area contributed by atoms with Crippen molar-refractivity contribution in [1.82, 2.24) is 5.32 Å². The van der Waals surface area contributed by atoms with Crippen LogP contribution < -0.4 is 5.32 Å². The Morgan fingerprint density at radius 3 is 2.47 bits per heavy atom. The summed E-state index contributed by atoms with van der Waals surface area (Å²) in [6.45, 7) is 8.31. The lowest BCUT2D eigenvalue weighted by Gasteiger charge is -2.26. The molecule has 0 spiro atoms. The normalized spacial score (nSPS) is 13.6. The van der Waals surface area contributed by atoms with Gasteiger partial charge in [0.15, 0.2) is 0 Å². The topological polar surface area (TPSA) is 32.3 Å². The van der Waals surface area contributed by atoms with Gasteiger partial charge in [-0.3, -0.25) is 0 Å². The number of rotatable bonds is 7. The Morgan fingerprint density at radius 2 is 1.88 bits per heavy atom. The SMILES string of the molecule is CCC(O)CCNCC(C)(C)c1ccccc1. The number of benzene rings is 1. The molecule has 0 amide bonds. The van der Waals surface area contributed by atoms with Gasteiger partial charge in [-0.05, 0) is 24.9 Å². The molecule has 0 aliphatic heterocycles. The molecule has 1 aromatic rings. The Balaban J connectivity index is 2.35. The molecule has 17 heavy (non-hydrogen) atoms. The molecule has 0 aromatic heterocycles. The molecule has 0 radical (unpaired) electrons. The van der Waals surface area contributed by atoms with Crippen LogP contribution in [0.5, 0.6) is 0 Å². The van der Waals surface area contributed by atoms with Crippen LogP contribution in [0.1, 0.15) is 39.2 Å². The summed E-state index contributed by atoms with van der Waals surface area (Å²) in [6, 6.07) is 10.5. The van der Waals surface area contributed by atoms with Gasteiger partial charge in [-0.1, -0.05) is 51.1 Å². The van der Waals surface area contributed by atoms with E-state index in [9.17, 15) is 5.11 Å². The maximum absolute atomic E-state index is 9.46. The first kappa shape index (κ1) is 14.2. The highest BCUT2D eigenvalue weighted by Crippen LogP contribution is 2.21. The lowest BCUT2D eigenvalue weighted by molar-refractivity contribution is 0.159. The van der Waals surface area contributed by atoms with Crippen LogP contribution >= 0.6 is 0 Å². The number of nitrogens with one attached hydrogen (secondary N) is 1. The lowest BCUT2D eigenvalue weighted by atomic mass is 9.84. The van der Waals surface area contributed by atoms with Crippen molar-refractivity contribution >= 4 is 0 Å². The van der Waals surface area contributed by atoms with Crippen LogP contribution in [0.25, 0.3) is 0 Å². The minimum atomic E-state index is -0.165. The highest BCUT2D eigenvalue weighted by atomic mass is 16.3. The fourth-order valence-electron chi connectivity index (χ4n) is 1.87. The summed E-state index contributed by atoms with van der Waals surface area (Å²) >= 11 is 0. The van der Waals surface area contributed by atoms with Crippen molar-refractivity contribution in [1.29, 1.82) is 0 Å². The summed E-state index contributed by atoms with van der Waals surface area (Å²) in [7, 11) is 0. The van der Waals surface area contributed by atoms with Crippen molar-refractivity contribution in [3.05, 3.63) is 35.9 Å². The molecule has 2 nitrogen and oxygen atoms in total. The first-order valence-electron chi connectivity index (χ1n) is 6.50. The first-order valence-corrected chi connectivity index (χ1v) is 6.50. The third-order valence-corrected chi connectivity index (χ3v) is 3.25. The number of aliphatic hydroxyl groups is 1. The first-order chi connectivity index (χ1) is 8.06.